The number of imidazole rings is 1. The Morgan fingerprint density at radius 1 is 1.50 bits per heavy atom. The van der Waals surface area contributed by atoms with Crippen LogP contribution in [0.4, 0.5) is 4.79 Å². The van der Waals surface area contributed by atoms with Gasteiger partial charge in [0.2, 0.25) is 0 Å². The molecule has 1 heterocycles. The van der Waals surface area contributed by atoms with Crippen molar-refractivity contribution in [3.63, 3.8) is 0 Å². The van der Waals surface area contributed by atoms with E-state index in [9.17, 15) is 4.79 Å². The summed E-state index contributed by atoms with van der Waals surface area (Å²) < 4.78 is 6.66. The molecule has 0 bridgehead atoms. The van der Waals surface area contributed by atoms with Crippen LogP contribution in [0.5, 0.6) is 5.75 Å². The second-order valence-corrected chi connectivity index (χ2v) is 4.05. The molecule has 0 saturated heterocycles. The third-order valence-electron chi connectivity index (χ3n) is 2.78. The van der Waals surface area contributed by atoms with Crippen LogP contribution in [-0.2, 0) is 0 Å². The van der Waals surface area contributed by atoms with Gasteiger partial charge in [-0.15, -0.1) is 0 Å². The number of hydrogen-bond donors (Lipinski definition) is 1. The standard InChI is InChI=1S/C13H17N3O2/c1-3-4-7-14-13(17)16-9-15-11-6-5-10(18-2)8-12(11)16/h5-6,8-9H,3-4,7H2,1-2H3,(H,14,17). The molecule has 0 aliphatic rings. The monoisotopic (exact) mass is 247 g/mol. The lowest BCUT2D eigenvalue weighted by atomic mass is 10.3. The van der Waals surface area contributed by atoms with Gasteiger partial charge in [-0.25, -0.2) is 9.78 Å². The average molecular weight is 247 g/mol. The summed E-state index contributed by atoms with van der Waals surface area (Å²) in [5.41, 5.74) is 1.53. The number of unbranched alkanes of at least 4 members (excludes halogenated alkanes) is 1. The van der Waals surface area contributed by atoms with Crippen molar-refractivity contribution in [3.8, 4) is 5.75 Å². The number of hydrogen-bond acceptors (Lipinski definition) is 3. The van der Waals surface area contributed by atoms with E-state index in [2.05, 4.69) is 17.2 Å². The molecule has 0 radical (unpaired) electrons. The molecule has 0 spiro atoms. The highest BCUT2D eigenvalue weighted by Gasteiger charge is 2.09. The number of benzene rings is 1. The van der Waals surface area contributed by atoms with Crippen LogP contribution in [0.15, 0.2) is 24.5 Å². The zero-order valence-electron chi connectivity index (χ0n) is 10.6. The summed E-state index contributed by atoms with van der Waals surface area (Å²) in [7, 11) is 1.60. The van der Waals surface area contributed by atoms with Crippen molar-refractivity contribution in [1.82, 2.24) is 14.9 Å². The normalized spacial score (nSPS) is 10.6. The summed E-state index contributed by atoms with van der Waals surface area (Å²) in [6.07, 6.45) is 3.56. The maximum absolute atomic E-state index is 12.0. The Hall–Kier alpha value is -2.04. The van der Waals surface area contributed by atoms with Crippen LogP contribution in [0.3, 0.4) is 0 Å². The lowest BCUT2D eigenvalue weighted by molar-refractivity contribution is 0.243. The Morgan fingerprint density at radius 3 is 3.06 bits per heavy atom. The SMILES string of the molecule is CCCCNC(=O)n1cnc2ccc(OC)cc21. The zero-order chi connectivity index (χ0) is 13.0. The van der Waals surface area contributed by atoms with Crippen LogP contribution >= 0.6 is 0 Å². The Kier molecular flexibility index (Phi) is 3.82. The Labute approximate surface area is 106 Å². The van der Waals surface area contributed by atoms with Crippen molar-refractivity contribution in [1.29, 1.82) is 0 Å². The summed E-state index contributed by atoms with van der Waals surface area (Å²) in [4.78, 5) is 16.2. The highest BCUT2D eigenvalue weighted by atomic mass is 16.5. The van der Waals surface area contributed by atoms with E-state index in [0.29, 0.717) is 12.3 Å². The van der Waals surface area contributed by atoms with E-state index < -0.39 is 0 Å². The highest BCUT2D eigenvalue weighted by molar-refractivity contribution is 5.89. The van der Waals surface area contributed by atoms with Crippen molar-refractivity contribution in [3.05, 3.63) is 24.5 Å². The largest absolute Gasteiger partial charge is 0.497 e. The predicted octanol–water partition coefficient (Wildman–Crippen LogP) is 2.40. The molecule has 2 aromatic rings. The third-order valence-corrected chi connectivity index (χ3v) is 2.78. The van der Waals surface area contributed by atoms with E-state index in [0.717, 1.165) is 23.9 Å². The fourth-order valence-electron chi connectivity index (χ4n) is 1.73. The number of nitrogens with zero attached hydrogens (tertiary/aromatic N) is 2. The molecule has 0 unspecified atom stereocenters. The first-order chi connectivity index (χ1) is 8.76. The number of carbonyl (C=O) groups excluding carboxylic acids is 1. The Morgan fingerprint density at radius 2 is 2.33 bits per heavy atom. The number of ether oxygens (including phenoxy) is 1. The zero-order valence-corrected chi connectivity index (χ0v) is 10.6. The molecular formula is C13H17N3O2. The Balaban J connectivity index is 2.24. The van der Waals surface area contributed by atoms with E-state index in [1.54, 1.807) is 7.11 Å². The van der Waals surface area contributed by atoms with Gasteiger partial charge in [0, 0.05) is 12.6 Å². The second kappa shape index (κ2) is 5.53. The van der Waals surface area contributed by atoms with Crippen LogP contribution in [-0.4, -0.2) is 29.2 Å². The van der Waals surface area contributed by atoms with Gasteiger partial charge in [0.1, 0.15) is 12.1 Å². The summed E-state index contributed by atoms with van der Waals surface area (Å²) in [5.74, 6) is 0.714. The summed E-state index contributed by atoms with van der Waals surface area (Å²) in [6, 6.07) is 5.32. The van der Waals surface area contributed by atoms with Crippen molar-refractivity contribution < 1.29 is 9.53 Å². The molecule has 1 aromatic carbocycles. The molecule has 0 saturated carbocycles. The van der Waals surface area contributed by atoms with Crippen LogP contribution in [0.1, 0.15) is 19.8 Å². The minimum absolute atomic E-state index is 0.154. The molecule has 0 aliphatic carbocycles. The molecule has 1 aromatic heterocycles. The quantitative estimate of drug-likeness (QED) is 0.844. The van der Waals surface area contributed by atoms with E-state index in [1.165, 1.54) is 10.9 Å². The lowest BCUT2D eigenvalue weighted by Gasteiger charge is -2.06. The lowest BCUT2D eigenvalue weighted by Crippen LogP contribution is -2.28. The molecule has 5 nitrogen and oxygen atoms in total. The molecule has 18 heavy (non-hydrogen) atoms. The number of fused-ring (bicyclic) bond motifs is 1. The van der Waals surface area contributed by atoms with E-state index in [1.807, 2.05) is 18.2 Å². The van der Waals surface area contributed by atoms with Gasteiger partial charge in [-0.3, -0.25) is 4.57 Å². The number of aromatic nitrogens is 2. The minimum Gasteiger partial charge on any atom is -0.497 e. The van der Waals surface area contributed by atoms with Crippen LogP contribution in [0.25, 0.3) is 11.0 Å². The fraction of sp³-hybridized carbons (Fsp3) is 0.385. The molecule has 96 valence electrons. The number of methoxy groups -OCH3 is 1. The first-order valence-electron chi connectivity index (χ1n) is 6.05. The van der Waals surface area contributed by atoms with Gasteiger partial charge in [0.05, 0.1) is 18.1 Å². The molecule has 0 fully saturated rings. The molecule has 1 amide bonds. The van der Waals surface area contributed by atoms with Crippen molar-refractivity contribution in [2.24, 2.45) is 0 Å². The van der Waals surface area contributed by atoms with Gasteiger partial charge in [0.25, 0.3) is 0 Å². The molecule has 2 rings (SSSR count). The van der Waals surface area contributed by atoms with Gasteiger partial charge in [-0.2, -0.15) is 0 Å². The maximum atomic E-state index is 12.0. The number of carbonyl (C=O) groups is 1. The minimum atomic E-state index is -0.154. The van der Waals surface area contributed by atoms with Crippen molar-refractivity contribution in [2.75, 3.05) is 13.7 Å². The van der Waals surface area contributed by atoms with Crippen LogP contribution in [0, 0.1) is 0 Å². The van der Waals surface area contributed by atoms with Gasteiger partial charge < -0.3 is 10.1 Å². The molecular weight excluding hydrogens is 230 g/mol. The first kappa shape index (κ1) is 12.4. The summed E-state index contributed by atoms with van der Waals surface area (Å²) >= 11 is 0. The number of nitrogens with one attached hydrogen (secondary N) is 1. The smallest absolute Gasteiger partial charge is 0.327 e. The average Bonchev–Trinajstić information content (AvgIpc) is 2.81. The molecule has 1 N–H and O–H groups in total. The van der Waals surface area contributed by atoms with E-state index >= 15 is 0 Å². The topological polar surface area (TPSA) is 56.2 Å². The van der Waals surface area contributed by atoms with E-state index in [-0.39, 0.29) is 6.03 Å². The predicted molar refractivity (Wildman–Crippen MR) is 70.0 cm³/mol. The van der Waals surface area contributed by atoms with Gasteiger partial charge in [0.15, 0.2) is 0 Å². The summed E-state index contributed by atoms with van der Waals surface area (Å²) in [5, 5.41) is 2.86. The molecule has 5 heteroatoms. The van der Waals surface area contributed by atoms with E-state index in [4.69, 9.17) is 4.74 Å². The molecule has 0 aliphatic heterocycles. The van der Waals surface area contributed by atoms with Crippen LogP contribution in [0.2, 0.25) is 0 Å². The van der Waals surface area contributed by atoms with Gasteiger partial charge >= 0.3 is 6.03 Å². The van der Waals surface area contributed by atoms with Gasteiger partial charge in [-0.05, 0) is 18.6 Å². The van der Waals surface area contributed by atoms with Crippen molar-refractivity contribution in [2.45, 2.75) is 19.8 Å². The molecule has 0 atom stereocenters. The van der Waals surface area contributed by atoms with Crippen LogP contribution < -0.4 is 10.1 Å². The maximum Gasteiger partial charge on any atom is 0.327 e. The number of amides is 1. The first-order valence-corrected chi connectivity index (χ1v) is 6.05. The Bertz CT molecular complexity index is 548. The van der Waals surface area contributed by atoms with Crippen molar-refractivity contribution >= 4 is 17.1 Å². The van der Waals surface area contributed by atoms with Gasteiger partial charge in [-0.1, -0.05) is 13.3 Å². The summed E-state index contributed by atoms with van der Waals surface area (Å²) in [6.45, 7) is 2.77. The third kappa shape index (κ3) is 2.45. The fourth-order valence-corrected chi connectivity index (χ4v) is 1.73. The highest BCUT2D eigenvalue weighted by Crippen LogP contribution is 2.19. The number of rotatable bonds is 4. The second-order valence-electron chi connectivity index (χ2n) is 4.05.